The average Bonchev–Trinajstić information content (AvgIpc) is 2.36. The average molecular weight is 261 g/mol. The number of hydrogen-bond donors (Lipinski definition) is 0. The molecule has 0 fully saturated rings. The standard InChI is InChI=1S/C15H19NOS/c1-5-11(4)12-6-7-13(9-16)14(8-12)15(17)18-10(2)3/h6-8,10-11H,5H2,1-4H3. The maximum absolute atomic E-state index is 12.1. The molecule has 0 saturated carbocycles. The molecule has 0 bridgehead atoms. The number of thioether (sulfide) groups is 1. The van der Waals surface area contributed by atoms with Crippen LogP contribution in [0.4, 0.5) is 0 Å². The van der Waals surface area contributed by atoms with Crippen LogP contribution < -0.4 is 0 Å². The molecule has 2 nitrogen and oxygen atoms in total. The van der Waals surface area contributed by atoms with E-state index < -0.39 is 0 Å². The number of nitriles is 1. The highest BCUT2D eigenvalue weighted by atomic mass is 32.2. The van der Waals surface area contributed by atoms with Gasteiger partial charge in [0.15, 0.2) is 0 Å². The van der Waals surface area contributed by atoms with E-state index in [1.807, 2.05) is 26.0 Å². The number of hydrogen-bond acceptors (Lipinski definition) is 3. The first-order valence-electron chi connectivity index (χ1n) is 6.24. The number of carbonyl (C=O) groups excluding carboxylic acids is 1. The first kappa shape index (κ1) is 14.8. The Morgan fingerprint density at radius 2 is 2.06 bits per heavy atom. The minimum Gasteiger partial charge on any atom is -0.282 e. The van der Waals surface area contributed by atoms with Crippen LogP contribution in [0.5, 0.6) is 0 Å². The third-order valence-corrected chi connectivity index (χ3v) is 3.81. The molecular weight excluding hydrogens is 242 g/mol. The lowest BCUT2D eigenvalue weighted by molar-refractivity contribution is 0.108. The van der Waals surface area contributed by atoms with Gasteiger partial charge in [-0.3, -0.25) is 4.79 Å². The fourth-order valence-electron chi connectivity index (χ4n) is 1.65. The van der Waals surface area contributed by atoms with Crippen molar-refractivity contribution in [3.63, 3.8) is 0 Å². The van der Waals surface area contributed by atoms with E-state index in [2.05, 4.69) is 19.9 Å². The summed E-state index contributed by atoms with van der Waals surface area (Å²) in [6.45, 7) is 8.21. The zero-order valence-corrected chi connectivity index (χ0v) is 12.2. The van der Waals surface area contributed by atoms with Crippen LogP contribution in [-0.4, -0.2) is 10.4 Å². The molecule has 18 heavy (non-hydrogen) atoms. The van der Waals surface area contributed by atoms with Gasteiger partial charge in [-0.05, 0) is 30.0 Å². The van der Waals surface area contributed by atoms with Crippen molar-refractivity contribution < 1.29 is 4.79 Å². The molecule has 1 atom stereocenters. The van der Waals surface area contributed by atoms with Crippen molar-refractivity contribution in [2.24, 2.45) is 0 Å². The van der Waals surface area contributed by atoms with Crippen LogP contribution in [0.3, 0.4) is 0 Å². The fraction of sp³-hybridized carbons (Fsp3) is 0.467. The molecular formula is C15H19NOS. The Kier molecular flexibility index (Phi) is 5.43. The molecule has 0 saturated heterocycles. The second-order valence-electron chi connectivity index (χ2n) is 4.68. The topological polar surface area (TPSA) is 40.9 Å². The van der Waals surface area contributed by atoms with Crippen molar-refractivity contribution in [2.75, 3.05) is 0 Å². The first-order valence-corrected chi connectivity index (χ1v) is 7.12. The summed E-state index contributed by atoms with van der Waals surface area (Å²) in [4.78, 5) is 12.1. The van der Waals surface area contributed by atoms with Crippen LogP contribution in [0.15, 0.2) is 18.2 Å². The van der Waals surface area contributed by atoms with E-state index >= 15 is 0 Å². The number of carbonyl (C=O) groups is 1. The van der Waals surface area contributed by atoms with Gasteiger partial charge in [0, 0.05) is 10.8 Å². The van der Waals surface area contributed by atoms with E-state index in [1.54, 1.807) is 6.07 Å². The van der Waals surface area contributed by atoms with Crippen molar-refractivity contribution in [1.29, 1.82) is 5.26 Å². The number of nitrogens with zero attached hydrogens (tertiary/aromatic N) is 1. The molecule has 0 aromatic heterocycles. The molecule has 96 valence electrons. The maximum Gasteiger partial charge on any atom is 0.220 e. The van der Waals surface area contributed by atoms with Gasteiger partial charge in [-0.2, -0.15) is 5.26 Å². The Labute approximate surface area is 113 Å². The van der Waals surface area contributed by atoms with Gasteiger partial charge in [0.05, 0.1) is 11.6 Å². The van der Waals surface area contributed by atoms with Crippen LogP contribution in [0.1, 0.15) is 61.5 Å². The molecule has 0 amide bonds. The normalized spacial score (nSPS) is 12.2. The summed E-state index contributed by atoms with van der Waals surface area (Å²) >= 11 is 1.28. The molecule has 0 spiro atoms. The van der Waals surface area contributed by atoms with Gasteiger partial charge in [-0.15, -0.1) is 0 Å². The van der Waals surface area contributed by atoms with Crippen LogP contribution in [-0.2, 0) is 0 Å². The van der Waals surface area contributed by atoms with Crippen LogP contribution in [0, 0.1) is 11.3 Å². The molecule has 0 aliphatic carbocycles. The summed E-state index contributed by atoms with van der Waals surface area (Å²) in [5.74, 6) is 0.411. The molecule has 0 aliphatic heterocycles. The van der Waals surface area contributed by atoms with Crippen LogP contribution in [0.25, 0.3) is 0 Å². The monoisotopic (exact) mass is 261 g/mol. The fourth-order valence-corrected chi connectivity index (χ4v) is 2.37. The van der Waals surface area contributed by atoms with E-state index in [-0.39, 0.29) is 10.4 Å². The van der Waals surface area contributed by atoms with E-state index in [9.17, 15) is 4.79 Å². The predicted octanol–water partition coefficient (Wildman–Crippen LogP) is 4.35. The maximum atomic E-state index is 12.1. The molecule has 0 radical (unpaired) electrons. The Morgan fingerprint density at radius 3 is 2.56 bits per heavy atom. The second-order valence-corrected chi connectivity index (χ2v) is 6.23. The summed E-state index contributed by atoms with van der Waals surface area (Å²) in [7, 11) is 0. The molecule has 1 aromatic carbocycles. The minimum atomic E-state index is -0.00768. The highest BCUT2D eigenvalue weighted by molar-refractivity contribution is 8.14. The lowest BCUT2D eigenvalue weighted by atomic mass is 9.95. The van der Waals surface area contributed by atoms with Gasteiger partial charge < -0.3 is 0 Å². The summed E-state index contributed by atoms with van der Waals surface area (Å²) in [6, 6.07) is 7.69. The molecule has 0 N–H and O–H groups in total. The zero-order chi connectivity index (χ0) is 13.7. The smallest absolute Gasteiger partial charge is 0.220 e. The van der Waals surface area contributed by atoms with Crippen molar-refractivity contribution in [3.05, 3.63) is 34.9 Å². The predicted molar refractivity (Wildman–Crippen MR) is 76.9 cm³/mol. The Morgan fingerprint density at radius 1 is 1.39 bits per heavy atom. The first-order chi connectivity index (χ1) is 8.49. The van der Waals surface area contributed by atoms with Gasteiger partial charge in [-0.25, -0.2) is 0 Å². The second kappa shape index (κ2) is 6.61. The summed E-state index contributed by atoms with van der Waals surface area (Å²) in [5.41, 5.74) is 2.15. The third-order valence-electron chi connectivity index (χ3n) is 2.91. The molecule has 3 heteroatoms. The lowest BCUT2D eigenvalue weighted by Gasteiger charge is -2.12. The Hall–Kier alpha value is -1.27. The van der Waals surface area contributed by atoms with Gasteiger partial charge in [0.25, 0.3) is 0 Å². The number of benzene rings is 1. The van der Waals surface area contributed by atoms with E-state index in [4.69, 9.17) is 5.26 Å². The summed E-state index contributed by atoms with van der Waals surface area (Å²) in [5, 5.41) is 9.30. The minimum absolute atomic E-state index is 0.00768. The van der Waals surface area contributed by atoms with E-state index in [0.717, 1.165) is 12.0 Å². The molecule has 0 aliphatic rings. The Balaban J connectivity index is 3.15. The molecule has 1 unspecified atom stereocenters. The lowest BCUT2D eigenvalue weighted by Crippen LogP contribution is -2.04. The van der Waals surface area contributed by atoms with Crippen LogP contribution >= 0.6 is 11.8 Å². The largest absolute Gasteiger partial charge is 0.282 e. The summed E-state index contributed by atoms with van der Waals surface area (Å²) in [6.07, 6.45) is 1.02. The molecule has 0 heterocycles. The SMILES string of the molecule is CCC(C)c1ccc(C#N)c(C(=O)SC(C)C)c1. The highest BCUT2D eigenvalue weighted by Gasteiger charge is 2.15. The third kappa shape index (κ3) is 3.61. The van der Waals surface area contributed by atoms with E-state index in [1.165, 1.54) is 11.8 Å². The Bertz CT molecular complexity index is 474. The quantitative estimate of drug-likeness (QED) is 0.809. The zero-order valence-electron chi connectivity index (χ0n) is 11.4. The molecule has 1 rings (SSSR count). The van der Waals surface area contributed by atoms with Gasteiger partial charge in [-0.1, -0.05) is 45.5 Å². The van der Waals surface area contributed by atoms with Crippen LogP contribution in [0.2, 0.25) is 0 Å². The van der Waals surface area contributed by atoms with Crippen molar-refractivity contribution >= 4 is 16.9 Å². The molecule has 1 aromatic rings. The van der Waals surface area contributed by atoms with Crippen molar-refractivity contribution in [2.45, 2.75) is 45.3 Å². The highest BCUT2D eigenvalue weighted by Crippen LogP contribution is 2.25. The van der Waals surface area contributed by atoms with Gasteiger partial charge >= 0.3 is 0 Å². The van der Waals surface area contributed by atoms with Crippen molar-refractivity contribution in [1.82, 2.24) is 0 Å². The van der Waals surface area contributed by atoms with Gasteiger partial charge in [0.1, 0.15) is 0 Å². The van der Waals surface area contributed by atoms with Gasteiger partial charge in [0.2, 0.25) is 5.12 Å². The van der Waals surface area contributed by atoms with Crippen molar-refractivity contribution in [3.8, 4) is 6.07 Å². The number of rotatable bonds is 4. The summed E-state index contributed by atoms with van der Waals surface area (Å²) < 4.78 is 0. The van der Waals surface area contributed by atoms with E-state index in [0.29, 0.717) is 17.0 Å².